The van der Waals surface area contributed by atoms with Crippen LogP contribution in [0.25, 0.3) is 0 Å². The van der Waals surface area contributed by atoms with E-state index in [1.807, 2.05) is 38.1 Å². The van der Waals surface area contributed by atoms with Gasteiger partial charge in [-0.2, -0.15) is 0 Å². The molecule has 3 amide bonds. The van der Waals surface area contributed by atoms with Gasteiger partial charge in [-0.3, -0.25) is 4.79 Å². The van der Waals surface area contributed by atoms with Crippen LogP contribution in [0.15, 0.2) is 24.3 Å². The number of carbonyl (C=O) groups is 2. The van der Waals surface area contributed by atoms with Crippen molar-refractivity contribution in [1.29, 1.82) is 0 Å². The summed E-state index contributed by atoms with van der Waals surface area (Å²) in [4.78, 5) is 23.0. The number of anilines is 1. The normalized spacial score (nSPS) is 10.3. The smallest absolute Gasteiger partial charge is 0.315 e. The topological polar surface area (TPSA) is 79.5 Å². The molecule has 0 spiro atoms. The van der Waals surface area contributed by atoms with Crippen molar-refractivity contribution in [3.8, 4) is 0 Å². The van der Waals surface area contributed by atoms with Crippen molar-refractivity contribution in [3.63, 3.8) is 0 Å². The Morgan fingerprint density at radius 1 is 1.14 bits per heavy atom. The first-order chi connectivity index (χ1) is 10.0. The Bertz CT molecular complexity index is 458. The molecule has 6 heteroatoms. The van der Waals surface area contributed by atoms with E-state index in [2.05, 4.69) is 16.0 Å². The first-order valence-corrected chi connectivity index (χ1v) is 6.93. The predicted octanol–water partition coefficient (Wildman–Crippen LogP) is 1.73. The second-order valence-electron chi connectivity index (χ2n) is 4.94. The number of ether oxygens (including phenoxy) is 1. The van der Waals surface area contributed by atoms with Crippen LogP contribution in [0.2, 0.25) is 0 Å². The van der Waals surface area contributed by atoms with Crippen LogP contribution >= 0.6 is 0 Å². The van der Waals surface area contributed by atoms with Gasteiger partial charge < -0.3 is 20.7 Å². The van der Waals surface area contributed by atoms with Crippen LogP contribution in [-0.4, -0.2) is 32.2 Å². The summed E-state index contributed by atoms with van der Waals surface area (Å²) in [5.74, 6) is -0.0689. The molecule has 0 aliphatic heterocycles. The molecule has 0 saturated carbocycles. The van der Waals surface area contributed by atoms with Crippen LogP contribution < -0.4 is 16.0 Å². The highest BCUT2D eigenvalue weighted by Gasteiger charge is 2.06. The van der Waals surface area contributed by atoms with E-state index in [0.29, 0.717) is 19.7 Å². The van der Waals surface area contributed by atoms with E-state index in [9.17, 15) is 9.59 Å². The lowest BCUT2D eigenvalue weighted by atomic mass is 10.1. The molecule has 1 aromatic rings. The molecule has 0 atom stereocenters. The van der Waals surface area contributed by atoms with Gasteiger partial charge >= 0.3 is 6.03 Å². The second kappa shape index (κ2) is 8.97. The molecule has 0 saturated heterocycles. The quantitative estimate of drug-likeness (QED) is 0.670. The van der Waals surface area contributed by atoms with Gasteiger partial charge in [-0.15, -0.1) is 0 Å². The molecule has 0 aliphatic carbocycles. The number of nitrogens with one attached hydrogen (secondary N) is 3. The van der Waals surface area contributed by atoms with Crippen LogP contribution in [0.1, 0.15) is 19.4 Å². The maximum atomic E-state index is 11.6. The molecule has 6 nitrogen and oxygen atoms in total. The summed E-state index contributed by atoms with van der Waals surface area (Å²) in [5.41, 5.74) is 1.71. The van der Waals surface area contributed by atoms with Crippen molar-refractivity contribution in [3.05, 3.63) is 29.8 Å². The minimum absolute atomic E-state index is 0.0154. The van der Waals surface area contributed by atoms with E-state index >= 15 is 0 Å². The molecule has 21 heavy (non-hydrogen) atoms. The molecule has 0 bridgehead atoms. The number of amides is 3. The third kappa shape index (κ3) is 6.76. The number of rotatable bonds is 7. The van der Waals surface area contributed by atoms with Gasteiger partial charge in [-0.25, -0.2) is 4.79 Å². The van der Waals surface area contributed by atoms with Gasteiger partial charge in [0.05, 0.1) is 6.61 Å². The lowest BCUT2D eigenvalue weighted by Gasteiger charge is -2.09. The summed E-state index contributed by atoms with van der Waals surface area (Å²) in [6.45, 7) is 5.07. The maximum absolute atomic E-state index is 11.6. The predicted molar refractivity (Wildman–Crippen MR) is 82.0 cm³/mol. The van der Waals surface area contributed by atoms with Crippen LogP contribution in [0, 0.1) is 5.92 Å². The molecular weight excluding hydrogens is 270 g/mol. The van der Waals surface area contributed by atoms with E-state index in [1.54, 1.807) is 7.11 Å². The monoisotopic (exact) mass is 293 g/mol. The van der Waals surface area contributed by atoms with Crippen molar-refractivity contribution < 1.29 is 14.3 Å². The van der Waals surface area contributed by atoms with Gasteiger partial charge in [0.1, 0.15) is 0 Å². The lowest BCUT2D eigenvalue weighted by Crippen LogP contribution is -2.36. The Morgan fingerprint density at radius 2 is 1.81 bits per heavy atom. The fraction of sp³-hybridized carbons (Fsp3) is 0.467. The summed E-state index contributed by atoms with van der Waals surface area (Å²) in [7, 11) is 1.58. The van der Waals surface area contributed by atoms with Crippen LogP contribution in [0.4, 0.5) is 10.5 Å². The molecule has 1 aromatic carbocycles. The van der Waals surface area contributed by atoms with Gasteiger partial charge in [-0.05, 0) is 17.7 Å². The first-order valence-electron chi connectivity index (χ1n) is 6.93. The molecule has 116 valence electrons. The molecular formula is C15H23N3O3. The first kappa shape index (κ1) is 17.0. The fourth-order valence-electron chi connectivity index (χ4n) is 1.50. The van der Waals surface area contributed by atoms with Crippen molar-refractivity contribution in [2.75, 3.05) is 25.6 Å². The highest BCUT2D eigenvalue weighted by Crippen LogP contribution is 2.10. The Labute approximate surface area is 125 Å². The lowest BCUT2D eigenvalue weighted by molar-refractivity contribution is -0.118. The van der Waals surface area contributed by atoms with Gasteiger partial charge in [0.25, 0.3) is 0 Å². The highest BCUT2D eigenvalue weighted by atomic mass is 16.5. The summed E-state index contributed by atoms with van der Waals surface area (Å²) in [5, 5.41) is 8.23. The van der Waals surface area contributed by atoms with E-state index in [1.165, 1.54) is 0 Å². The molecule has 3 N–H and O–H groups in total. The third-order valence-corrected chi connectivity index (χ3v) is 2.79. The second-order valence-corrected chi connectivity index (χ2v) is 4.94. The highest BCUT2D eigenvalue weighted by molar-refractivity contribution is 5.92. The number of carbonyl (C=O) groups excluding carboxylic acids is 2. The Hall–Kier alpha value is -2.08. The number of hydrogen-bond donors (Lipinski definition) is 3. The summed E-state index contributed by atoms with van der Waals surface area (Å²) in [6.07, 6.45) is 0. The van der Waals surface area contributed by atoms with Crippen molar-refractivity contribution in [2.45, 2.75) is 20.4 Å². The zero-order valence-electron chi connectivity index (χ0n) is 12.7. The average molecular weight is 293 g/mol. The van der Waals surface area contributed by atoms with Crippen LogP contribution in [0.5, 0.6) is 0 Å². The number of hydrogen-bond acceptors (Lipinski definition) is 3. The molecule has 0 radical (unpaired) electrons. The van der Waals surface area contributed by atoms with Gasteiger partial charge in [-0.1, -0.05) is 26.0 Å². The van der Waals surface area contributed by atoms with E-state index < -0.39 is 0 Å². The molecule has 0 unspecified atom stereocenters. The van der Waals surface area contributed by atoms with Gasteiger partial charge in [0.15, 0.2) is 0 Å². The van der Waals surface area contributed by atoms with Gasteiger partial charge in [0, 0.05) is 31.8 Å². The molecule has 1 rings (SSSR count). The van der Waals surface area contributed by atoms with Crippen molar-refractivity contribution in [2.24, 2.45) is 5.92 Å². The zero-order chi connectivity index (χ0) is 15.7. The zero-order valence-corrected chi connectivity index (χ0v) is 12.7. The summed E-state index contributed by atoms with van der Waals surface area (Å²) >= 11 is 0. The minimum Gasteiger partial charge on any atom is -0.383 e. The summed E-state index contributed by atoms with van der Waals surface area (Å²) in [6, 6.07) is 7.14. The Balaban J connectivity index is 2.37. The maximum Gasteiger partial charge on any atom is 0.315 e. The number of benzene rings is 1. The largest absolute Gasteiger partial charge is 0.383 e. The molecule has 0 fully saturated rings. The summed E-state index contributed by atoms with van der Waals surface area (Å²) < 4.78 is 4.84. The van der Waals surface area contributed by atoms with Crippen LogP contribution in [-0.2, 0) is 16.1 Å². The Morgan fingerprint density at radius 3 is 2.38 bits per heavy atom. The SMILES string of the molecule is COCCNC(=O)NCc1ccc(NC(=O)C(C)C)cc1. The van der Waals surface area contributed by atoms with E-state index in [-0.39, 0.29) is 17.9 Å². The van der Waals surface area contributed by atoms with Crippen LogP contribution in [0.3, 0.4) is 0 Å². The minimum atomic E-state index is -0.232. The molecule has 0 aliphatic rings. The van der Waals surface area contributed by atoms with Crippen molar-refractivity contribution in [1.82, 2.24) is 10.6 Å². The van der Waals surface area contributed by atoms with Gasteiger partial charge in [0.2, 0.25) is 5.91 Å². The number of methoxy groups -OCH3 is 1. The standard InChI is InChI=1S/C15H23N3O3/c1-11(2)14(19)18-13-6-4-12(5-7-13)10-17-15(20)16-8-9-21-3/h4-7,11H,8-10H2,1-3H3,(H,18,19)(H2,16,17,20). The van der Waals surface area contributed by atoms with E-state index in [4.69, 9.17) is 4.74 Å². The molecule has 0 aromatic heterocycles. The Kier molecular flexibility index (Phi) is 7.25. The third-order valence-electron chi connectivity index (χ3n) is 2.79. The van der Waals surface area contributed by atoms with Crippen molar-refractivity contribution >= 4 is 17.6 Å². The fourth-order valence-corrected chi connectivity index (χ4v) is 1.50. The van der Waals surface area contributed by atoms with E-state index in [0.717, 1.165) is 11.3 Å². The average Bonchev–Trinajstić information content (AvgIpc) is 2.46. The number of urea groups is 1. The molecule has 0 heterocycles.